The van der Waals surface area contributed by atoms with E-state index in [0.29, 0.717) is 39.6 Å². The molecule has 0 bridgehead atoms. The van der Waals surface area contributed by atoms with Gasteiger partial charge < -0.3 is 27.9 Å². The van der Waals surface area contributed by atoms with Crippen LogP contribution in [-0.2, 0) is 18.9 Å². The van der Waals surface area contributed by atoms with Crippen molar-refractivity contribution in [2.24, 2.45) is 0 Å². The fourth-order valence-corrected chi connectivity index (χ4v) is 5.66. The molecule has 0 rings (SSSR count). The molecule has 0 aromatic heterocycles. The lowest BCUT2D eigenvalue weighted by Crippen LogP contribution is -2.43. The summed E-state index contributed by atoms with van der Waals surface area (Å²) in [6, 6.07) is 0. The molecule has 0 aliphatic rings. The number of hydrogen-bond acceptors (Lipinski definition) is 4. The SMILES string of the molecule is CCCCCCCCCCCC[N+](C)(C)CCOCCOCCOCCOCC[N+](C)(C)CCCCCCCCCCCC. The molecule has 266 valence electrons. The average Bonchev–Trinajstić information content (AvgIpc) is 2.99. The molecular formula is C38H82N2O4+2. The van der Waals surface area contributed by atoms with Crippen LogP contribution in [0, 0.1) is 0 Å². The molecule has 44 heavy (non-hydrogen) atoms. The zero-order valence-electron chi connectivity index (χ0n) is 31.2. The smallest absolute Gasteiger partial charge is 0.102 e. The summed E-state index contributed by atoms with van der Waals surface area (Å²) in [5.74, 6) is 0. The molecule has 0 heterocycles. The molecule has 6 nitrogen and oxygen atoms in total. The molecule has 0 fully saturated rings. The van der Waals surface area contributed by atoms with Crippen molar-refractivity contribution in [3.63, 3.8) is 0 Å². The second kappa shape index (κ2) is 32.7. The zero-order chi connectivity index (χ0) is 32.5. The highest BCUT2D eigenvalue weighted by Gasteiger charge is 2.15. The lowest BCUT2D eigenvalue weighted by atomic mass is 10.1. The number of quaternary nitrogens is 2. The number of hydrogen-bond donors (Lipinski definition) is 0. The van der Waals surface area contributed by atoms with Crippen LogP contribution in [-0.4, -0.2) is 116 Å². The van der Waals surface area contributed by atoms with Crippen molar-refractivity contribution in [3.05, 3.63) is 0 Å². The van der Waals surface area contributed by atoms with E-state index in [1.807, 2.05) is 0 Å². The Labute approximate surface area is 277 Å². The van der Waals surface area contributed by atoms with Gasteiger partial charge >= 0.3 is 0 Å². The molecule has 0 radical (unpaired) electrons. The van der Waals surface area contributed by atoms with Gasteiger partial charge in [0.1, 0.15) is 13.1 Å². The second-order valence-corrected chi connectivity index (χ2v) is 14.6. The number of ether oxygens (including phenoxy) is 4. The van der Waals surface area contributed by atoms with E-state index >= 15 is 0 Å². The molecule has 0 atom stereocenters. The van der Waals surface area contributed by atoms with E-state index in [4.69, 9.17) is 18.9 Å². The first-order chi connectivity index (χ1) is 21.3. The van der Waals surface area contributed by atoms with Gasteiger partial charge in [0.15, 0.2) is 0 Å². The maximum Gasteiger partial charge on any atom is 0.102 e. The molecule has 0 spiro atoms. The highest BCUT2D eigenvalue weighted by Crippen LogP contribution is 2.13. The molecule has 0 aromatic carbocycles. The highest BCUT2D eigenvalue weighted by molar-refractivity contribution is 4.49. The van der Waals surface area contributed by atoms with E-state index in [1.165, 1.54) is 142 Å². The van der Waals surface area contributed by atoms with Crippen molar-refractivity contribution in [2.75, 3.05) is 107 Å². The largest absolute Gasteiger partial charge is 0.377 e. The molecule has 0 unspecified atom stereocenters. The van der Waals surface area contributed by atoms with E-state index in [0.717, 1.165) is 35.3 Å². The van der Waals surface area contributed by atoms with Gasteiger partial charge in [-0.25, -0.2) is 0 Å². The summed E-state index contributed by atoms with van der Waals surface area (Å²) < 4.78 is 25.1. The summed E-state index contributed by atoms with van der Waals surface area (Å²) in [7, 11) is 9.31. The monoisotopic (exact) mass is 631 g/mol. The van der Waals surface area contributed by atoms with Crippen LogP contribution in [0.2, 0.25) is 0 Å². The van der Waals surface area contributed by atoms with Crippen LogP contribution in [0.4, 0.5) is 0 Å². The summed E-state index contributed by atoms with van der Waals surface area (Å²) in [6.45, 7) is 14.6. The molecule has 0 amide bonds. The fraction of sp³-hybridized carbons (Fsp3) is 1.00. The maximum absolute atomic E-state index is 5.83. The third kappa shape index (κ3) is 34.6. The maximum atomic E-state index is 5.83. The summed E-state index contributed by atoms with van der Waals surface area (Å²) >= 11 is 0. The van der Waals surface area contributed by atoms with Crippen molar-refractivity contribution in [2.45, 2.75) is 142 Å². The van der Waals surface area contributed by atoms with Crippen molar-refractivity contribution in [3.8, 4) is 0 Å². The van der Waals surface area contributed by atoms with E-state index in [1.54, 1.807) is 0 Å². The molecule has 0 aliphatic carbocycles. The minimum absolute atomic E-state index is 0.617. The molecular weight excluding hydrogens is 548 g/mol. The van der Waals surface area contributed by atoms with Crippen molar-refractivity contribution >= 4 is 0 Å². The minimum atomic E-state index is 0.617. The van der Waals surface area contributed by atoms with Crippen molar-refractivity contribution < 1.29 is 27.9 Å². The summed E-state index contributed by atoms with van der Waals surface area (Å²) in [6.07, 6.45) is 28.0. The predicted molar refractivity (Wildman–Crippen MR) is 191 cm³/mol. The molecule has 0 aliphatic heterocycles. The van der Waals surface area contributed by atoms with Gasteiger partial charge in [0.05, 0.1) is 94.1 Å². The van der Waals surface area contributed by atoms with Crippen LogP contribution in [0.25, 0.3) is 0 Å². The van der Waals surface area contributed by atoms with E-state index in [9.17, 15) is 0 Å². The standard InChI is InChI=1S/C38H82N2O4/c1-7-9-11-13-15-17-19-21-23-25-27-39(3,4)29-31-41-33-35-43-37-38-44-36-34-42-32-30-40(5,6)28-26-24-22-20-18-16-14-12-10-8-2/h7-38H2,1-6H3/q+2. The van der Waals surface area contributed by atoms with Gasteiger partial charge in [-0.15, -0.1) is 0 Å². The molecule has 0 saturated carbocycles. The Hall–Kier alpha value is -0.240. The van der Waals surface area contributed by atoms with Crippen LogP contribution in [0.1, 0.15) is 142 Å². The minimum Gasteiger partial charge on any atom is -0.377 e. The Morgan fingerprint density at radius 2 is 0.500 bits per heavy atom. The topological polar surface area (TPSA) is 36.9 Å². The van der Waals surface area contributed by atoms with Crippen molar-refractivity contribution in [1.82, 2.24) is 0 Å². The van der Waals surface area contributed by atoms with Gasteiger partial charge in [-0.3, -0.25) is 0 Å². The van der Waals surface area contributed by atoms with E-state index in [2.05, 4.69) is 42.0 Å². The lowest BCUT2D eigenvalue weighted by molar-refractivity contribution is -0.891. The first kappa shape index (κ1) is 43.8. The fourth-order valence-electron chi connectivity index (χ4n) is 5.66. The summed E-state index contributed by atoms with van der Waals surface area (Å²) in [5, 5.41) is 0. The molecule has 6 heteroatoms. The van der Waals surface area contributed by atoms with E-state index in [-0.39, 0.29) is 0 Å². The zero-order valence-corrected chi connectivity index (χ0v) is 31.2. The van der Waals surface area contributed by atoms with Crippen LogP contribution in [0.15, 0.2) is 0 Å². The van der Waals surface area contributed by atoms with Gasteiger partial charge in [-0.2, -0.15) is 0 Å². The molecule has 0 saturated heterocycles. The normalized spacial score (nSPS) is 12.4. The first-order valence-corrected chi connectivity index (χ1v) is 19.3. The lowest BCUT2D eigenvalue weighted by Gasteiger charge is -2.29. The van der Waals surface area contributed by atoms with Gasteiger partial charge in [0.25, 0.3) is 0 Å². The Morgan fingerprint density at radius 1 is 0.273 bits per heavy atom. The molecule has 0 aromatic rings. The average molecular weight is 631 g/mol. The summed E-state index contributed by atoms with van der Waals surface area (Å²) in [5.41, 5.74) is 0. The van der Waals surface area contributed by atoms with Crippen LogP contribution in [0.5, 0.6) is 0 Å². The predicted octanol–water partition coefficient (Wildman–Crippen LogP) is 9.05. The van der Waals surface area contributed by atoms with Gasteiger partial charge in [-0.1, -0.05) is 117 Å². The summed E-state index contributed by atoms with van der Waals surface area (Å²) in [4.78, 5) is 0. The highest BCUT2D eigenvalue weighted by atomic mass is 16.6. The Kier molecular flexibility index (Phi) is 32.5. The van der Waals surface area contributed by atoms with Gasteiger partial charge in [-0.05, 0) is 25.7 Å². The van der Waals surface area contributed by atoms with Crippen molar-refractivity contribution in [1.29, 1.82) is 0 Å². The number of unbranched alkanes of at least 4 members (excludes halogenated alkanes) is 18. The van der Waals surface area contributed by atoms with Crippen LogP contribution < -0.4 is 0 Å². The first-order valence-electron chi connectivity index (χ1n) is 19.3. The van der Waals surface area contributed by atoms with Gasteiger partial charge in [0, 0.05) is 0 Å². The quantitative estimate of drug-likeness (QED) is 0.0507. The van der Waals surface area contributed by atoms with Crippen LogP contribution >= 0.6 is 0 Å². The Bertz CT molecular complexity index is 511. The third-order valence-electron chi connectivity index (χ3n) is 9.03. The van der Waals surface area contributed by atoms with E-state index < -0.39 is 0 Å². The Balaban J connectivity index is 3.39. The Morgan fingerprint density at radius 3 is 0.773 bits per heavy atom. The number of rotatable bonds is 37. The number of likely N-dealkylation sites (N-methyl/N-ethyl adjacent to an activating group) is 2. The second-order valence-electron chi connectivity index (χ2n) is 14.6. The van der Waals surface area contributed by atoms with Gasteiger partial charge in [0.2, 0.25) is 0 Å². The third-order valence-corrected chi connectivity index (χ3v) is 9.03. The van der Waals surface area contributed by atoms with Crippen LogP contribution in [0.3, 0.4) is 0 Å². The number of nitrogens with zero attached hydrogens (tertiary/aromatic N) is 2. The molecule has 0 N–H and O–H groups in total.